The van der Waals surface area contributed by atoms with Gasteiger partial charge in [-0.25, -0.2) is 22.8 Å². The third kappa shape index (κ3) is 9.72. The summed E-state index contributed by atoms with van der Waals surface area (Å²) in [5.41, 5.74) is 4.07. The highest BCUT2D eigenvalue weighted by molar-refractivity contribution is 7.89. The van der Waals surface area contributed by atoms with E-state index in [-0.39, 0.29) is 35.3 Å². The molecule has 0 saturated heterocycles. The number of hydrazine groups is 1. The first kappa shape index (κ1) is 39.0. The normalized spacial score (nSPS) is 14.6. The van der Waals surface area contributed by atoms with Gasteiger partial charge in [-0.3, -0.25) is 15.2 Å². The van der Waals surface area contributed by atoms with Gasteiger partial charge in [0.2, 0.25) is 0 Å². The molecule has 0 aliphatic carbocycles. The van der Waals surface area contributed by atoms with Gasteiger partial charge in [0.05, 0.1) is 39.4 Å². The van der Waals surface area contributed by atoms with Gasteiger partial charge < -0.3 is 19.5 Å². The summed E-state index contributed by atoms with van der Waals surface area (Å²) in [5.74, 6) is -1.37. The molecule has 17 heteroatoms. The topological polar surface area (TPSA) is 179 Å². The maximum atomic E-state index is 14.1. The van der Waals surface area contributed by atoms with Crippen LogP contribution in [0.4, 0.5) is 10.5 Å². The van der Waals surface area contributed by atoms with E-state index in [0.29, 0.717) is 16.3 Å². The van der Waals surface area contributed by atoms with Gasteiger partial charge in [-0.15, -0.1) is 0 Å². The highest BCUT2D eigenvalue weighted by Gasteiger charge is 2.36. The van der Waals surface area contributed by atoms with Crippen LogP contribution in [-0.2, 0) is 37.3 Å². The highest BCUT2D eigenvalue weighted by Crippen LogP contribution is 2.32. The second-order valence-electron chi connectivity index (χ2n) is 12.7. The number of amides is 2. The number of nitrogens with zero attached hydrogens (tertiary/aromatic N) is 5. The summed E-state index contributed by atoms with van der Waals surface area (Å²) in [6, 6.07) is 16.9. The Labute approximate surface area is 301 Å². The number of fused-ring (bicyclic) bond motifs is 1. The van der Waals surface area contributed by atoms with Crippen molar-refractivity contribution in [3.63, 3.8) is 0 Å². The lowest BCUT2D eigenvalue weighted by Crippen LogP contribution is -2.45. The van der Waals surface area contributed by atoms with Gasteiger partial charge in [0.1, 0.15) is 23.6 Å². The number of sulfonamides is 1. The number of hydrogen-bond donors (Lipinski definition) is 1. The van der Waals surface area contributed by atoms with E-state index in [9.17, 15) is 28.0 Å². The van der Waals surface area contributed by atoms with Gasteiger partial charge in [-0.2, -0.15) is 4.31 Å². The summed E-state index contributed by atoms with van der Waals surface area (Å²) in [4.78, 5) is 43.6. The number of carbonyl (C=O) groups is 3. The Morgan fingerprint density at radius 2 is 1.69 bits per heavy atom. The number of esters is 1. The summed E-state index contributed by atoms with van der Waals surface area (Å²) < 4.78 is 38.3. The molecule has 4 rings (SSSR count). The molecule has 1 aliphatic rings. The first-order valence-corrected chi connectivity index (χ1v) is 17.9. The Balaban J connectivity index is 1.53. The Bertz CT molecular complexity index is 1880. The minimum atomic E-state index is -4.72. The number of ether oxygens (including phenoxy) is 2. The van der Waals surface area contributed by atoms with Gasteiger partial charge in [-0.1, -0.05) is 41.9 Å². The molecule has 51 heavy (non-hydrogen) atoms. The second-order valence-corrected chi connectivity index (χ2v) is 14.9. The van der Waals surface area contributed by atoms with E-state index < -0.39 is 56.6 Å². The van der Waals surface area contributed by atoms with Crippen LogP contribution < -0.4 is 10.4 Å². The third-order valence-electron chi connectivity index (χ3n) is 7.79. The monoisotopic (exact) mass is 744 g/mol. The van der Waals surface area contributed by atoms with Gasteiger partial charge in [0, 0.05) is 5.56 Å². The molecule has 0 spiro atoms. The van der Waals surface area contributed by atoms with Crippen LogP contribution in [0.2, 0.25) is 5.02 Å². The number of benzene rings is 3. The van der Waals surface area contributed by atoms with Crippen LogP contribution in [0.5, 0.6) is 0 Å². The van der Waals surface area contributed by atoms with Crippen LogP contribution in [0.15, 0.2) is 82.1 Å². The van der Waals surface area contributed by atoms with E-state index in [0.717, 1.165) is 17.3 Å². The lowest BCUT2D eigenvalue weighted by Gasteiger charge is -2.30. The summed E-state index contributed by atoms with van der Waals surface area (Å²) in [6.45, 7) is 9.17. The Kier molecular flexibility index (Phi) is 12.3. The fourth-order valence-electron chi connectivity index (χ4n) is 4.97. The maximum Gasteiger partial charge on any atom is 0.424 e. The largest absolute Gasteiger partial charge is 0.603 e. The van der Waals surface area contributed by atoms with Crippen molar-refractivity contribution < 1.29 is 41.9 Å². The predicted octanol–water partition coefficient (Wildman–Crippen LogP) is 6.33. The van der Waals surface area contributed by atoms with Crippen molar-refractivity contribution in [3.8, 4) is 0 Å². The van der Waals surface area contributed by atoms with Crippen LogP contribution in [0.25, 0.3) is 0 Å². The molecule has 3 aromatic carbocycles. The van der Waals surface area contributed by atoms with Crippen molar-refractivity contribution in [2.24, 2.45) is 10.5 Å². The molecule has 1 heterocycles. The molecule has 0 bridgehead atoms. The maximum absolute atomic E-state index is 14.1. The van der Waals surface area contributed by atoms with Crippen molar-refractivity contribution in [1.29, 1.82) is 0 Å². The zero-order valence-corrected chi connectivity index (χ0v) is 30.7. The molecular weight excluding hydrogens is 704 g/mol. The highest BCUT2D eigenvalue weighted by atomic mass is 35.5. The summed E-state index contributed by atoms with van der Waals surface area (Å²) in [5, 5.41) is 20.4. The van der Waals surface area contributed by atoms with Crippen molar-refractivity contribution in [1.82, 2.24) is 9.73 Å². The Hall–Kier alpha value is -4.77. The zero-order chi connectivity index (χ0) is 37.6. The van der Waals surface area contributed by atoms with E-state index in [2.05, 4.69) is 15.9 Å². The molecule has 0 radical (unpaired) electrons. The van der Waals surface area contributed by atoms with E-state index in [4.69, 9.17) is 25.9 Å². The van der Waals surface area contributed by atoms with Crippen LogP contribution in [0.3, 0.4) is 0 Å². The number of anilines is 1. The number of hydrogen-bond acceptors (Lipinski definition) is 12. The first-order valence-electron chi connectivity index (χ1n) is 16.1. The fraction of sp³-hybridized carbons (Fsp3) is 0.382. The van der Waals surface area contributed by atoms with E-state index in [1.165, 1.54) is 36.4 Å². The Morgan fingerprint density at radius 1 is 1.04 bits per heavy atom. The molecule has 3 aromatic rings. The molecule has 15 nitrogen and oxygen atoms in total. The third-order valence-corrected chi connectivity index (χ3v) is 9.99. The number of rotatable bonds is 13. The average molecular weight is 745 g/mol. The van der Waals surface area contributed by atoms with Crippen molar-refractivity contribution in [2.75, 3.05) is 24.9 Å². The number of carbonyl (C=O) groups excluding carboxylic acids is 3. The lowest BCUT2D eigenvalue weighted by atomic mass is 10.1. The van der Waals surface area contributed by atoms with E-state index in [1.54, 1.807) is 39.6 Å². The minimum absolute atomic E-state index is 0.00541. The summed E-state index contributed by atoms with van der Waals surface area (Å²) in [7, 11) is -4.72. The van der Waals surface area contributed by atoms with Crippen molar-refractivity contribution in [2.45, 2.75) is 71.0 Å². The standard InChI is InChI=1S/C34H41ClN6O9S/c1-7-41(45,8-2)37-38-49-22-48-32(43)25-15-13-24(14-16-25)21-39(33(44)50-34(4,5)6)51(46,47)30-20-27(17-18-28(30)35)31(42)36-40-23(3)19-26-11-9-10-12-29(26)40/h9-18,20,23H,7-8,19,21-22H2,1-6H3,(H,36,42)/b38-37-/t23-/m1/s1. The molecular formula is C34H41ClN6O9S. The quantitative estimate of drug-likeness (QED) is 0.0519. The smallest absolute Gasteiger partial charge is 0.424 e. The molecule has 0 aromatic heterocycles. The molecule has 1 N–H and O–H groups in total. The minimum Gasteiger partial charge on any atom is -0.603 e. The van der Waals surface area contributed by atoms with Gasteiger partial charge in [-0.05, 0) is 95.5 Å². The van der Waals surface area contributed by atoms with Crippen LogP contribution >= 0.6 is 11.6 Å². The van der Waals surface area contributed by atoms with E-state index in [1.807, 2.05) is 31.2 Å². The Morgan fingerprint density at radius 3 is 2.33 bits per heavy atom. The number of para-hydroxylation sites is 1. The molecule has 1 aliphatic heterocycles. The molecule has 2 amide bonds. The molecule has 1 atom stereocenters. The van der Waals surface area contributed by atoms with Crippen molar-refractivity contribution >= 4 is 45.3 Å². The number of hydroxylamine groups is 2. The first-order chi connectivity index (χ1) is 24.0. The predicted molar refractivity (Wildman–Crippen MR) is 187 cm³/mol. The van der Waals surface area contributed by atoms with Crippen LogP contribution in [-0.4, -0.2) is 67.0 Å². The molecule has 0 unspecified atom stereocenters. The number of halogens is 1. The SMILES string of the molecule is CC[N+]([O-])(CC)/N=N\OCOC(=O)c1ccc(CN(C(=O)OC(C)(C)C)S(=O)(=O)c2cc(C(=O)NN3c4ccccc4C[C@H]3C)ccc2Cl)cc1. The van der Waals surface area contributed by atoms with E-state index >= 15 is 0 Å². The number of nitrogens with one attached hydrogen (secondary N) is 1. The lowest BCUT2D eigenvalue weighted by molar-refractivity contribution is -0.890. The fourth-order valence-corrected chi connectivity index (χ4v) is 6.76. The van der Waals surface area contributed by atoms with Gasteiger partial charge in [0.15, 0.2) is 0 Å². The zero-order valence-electron chi connectivity index (χ0n) is 29.2. The average Bonchev–Trinajstić information content (AvgIpc) is 3.40. The summed E-state index contributed by atoms with van der Waals surface area (Å²) >= 11 is 6.39. The summed E-state index contributed by atoms with van der Waals surface area (Å²) in [6.07, 6.45) is -0.468. The molecule has 274 valence electrons. The van der Waals surface area contributed by atoms with Crippen LogP contribution in [0.1, 0.15) is 73.4 Å². The van der Waals surface area contributed by atoms with Gasteiger partial charge in [0.25, 0.3) is 22.7 Å². The molecule has 0 saturated carbocycles. The van der Waals surface area contributed by atoms with Gasteiger partial charge >= 0.3 is 12.1 Å². The van der Waals surface area contributed by atoms with Crippen molar-refractivity contribution in [3.05, 3.63) is 99.2 Å². The second kappa shape index (κ2) is 16.1. The molecule has 0 fully saturated rings. The number of quaternary nitrogens is 1. The van der Waals surface area contributed by atoms with Crippen LogP contribution in [0, 0.1) is 5.21 Å².